The highest BCUT2D eigenvalue weighted by Crippen LogP contribution is 2.30. The molecule has 1 aliphatic rings. The number of hydrogen-bond acceptors (Lipinski definition) is 2. The largest absolute Gasteiger partial charge is 0.379 e. The van der Waals surface area contributed by atoms with Crippen LogP contribution in [0.1, 0.15) is 20.3 Å². The molecule has 0 spiro atoms. The van der Waals surface area contributed by atoms with Crippen LogP contribution in [0, 0.1) is 0 Å². The van der Waals surface area contributed by atoms with E-state index >= 15 is 0 Å². The fraction of sp³-hybridized carbons (Fsp3) is 1.00. The van der Waals surface area contributed by atoms with Gasteiger partial charge in [0.25, 0.3) is 0 Å². The van der Waals surface area contributed by atoms with E-state index in [1.807, 2.05) is 6.92 Å². The molecule has 0 N–H and O–H groups in total. The minimum absolute atomic E-state index is 0.121. The third kappa shape index (κ3) is 1.66. The van der Waals surface area contributed by atoms with Crippen LogP contribution in [-0.4, -0.2) is 25.4 Å². The van der Waals surface area contributed by atoms with Gasteiger partial charge in [-0.3, -0.25) is 0 Å². The third-order valence-corrected chi connectivity index (χ3v) is 1.77. The molecule has 0 aromatic rings. The van der Waals surface area contributed by atoms with Gasteiger partial charge in [-0.15, -0.1) is 0 Å². The highest BCUT2D eigenvalue weighted by molar-refractivity contribution is 4.90. The standard InChI is InChI=1S/C7H14O2/c1-3-7(6-9-7)5-8-4-2/h3-6H2,1-2H3. The van der Waals surface area contributed by atoms with Crippen molar-refractivity contribution >= 4 is 0 Å². The molecule has 1 saturated heterocycles. The summed E-state index contributed by atoms with van der Waals surface area (Å²) in [6.07, 6.45) is 1.08. The molecule has 0 saturated carbocycles. The van der Waals surface area contributed by atoms with Gasteiger partial charge in [-0.05, 0) is 13.3 Å². The second-order valence-corrected chi connectivity index (χ2v) is 2.46. The van der Waals surface area contributed by atoms with Gasteiger partial charge in [0.1, 0.15) is 5.60 Å². The number of rotatable bonds is 4. The summed E-state index contributed by atoms with van der Waals surface area (Å²) in [5, 5.41) is 0. The lowest BCUT2D eigenvalue weighted by molar-refractivity contribution is 0.0855. The maximum atomic E-state index is 5.23. The summed E-state index contributed by atoms with van der Waals surface area (Å²) in [7, 11) is 0. The van der Waals surface area contributed by atoms with E-state index in [0.29, 0.717) is 0 Å². The number of epoxide rings is 1. The zero-order valence-corrected chi connectivity index (χ0v) is 6.14. The Morgan fingerprint density at radius 3 is 2.56 bits per heavy atom. The van der Waals surface area contributed by atoms with Crippen molar-refractivity contribution < 1.29 is 9.47 Å². The molecular formula is C7H14O2. The molecule has 2 nitrogen and oxygen atoms in total. The van der Waals surface area contributed by atoms with Crippen LogP contribution in [0.15, 0.2) is 0 Å². The molecule has 0 aromatic heterocycles. The second-order valence-electron chi connectivity index (χ2n) is 2.46. The molecule has 0 aromatic carbocycles. The Kier molecular flexibility index (Phi) is 2.09. The van der Waals surface area contributed by atoms with Crippen LogP contribution in [0.2, 0.25) is 0 Å². The molecule has 1 unspecified atom stereocenters. The Hall–Kier alpha value is -0.0800. The Morgan fingerprint density at radius 1 is 1.56 bits per heavy atom. The molecule has 0 bridgehead atoms. The maximum absolute atomic E-state index is 5.23. The molecule has 0 aliphatic carbocycles. The zero-order chi connectivity index (χ0) is 6.74. The lowest BCUT2D eigenvalue weighted by atomic mass is 10.1. The van der Waals surface area contributed by atoms with Crippen LogP contribution in [0.4, 0.5) is 0 Å². The van der Waals surface area contributed by atoms with E-state index in [1.165, 1.54) is 0 Å². The Bertz CT molecular complexity index is 86.9. The van der Waals surface area contributed by atoms with E-state index < -0.39 is 0 Å². The topological polar surface area (TPSA) is 21.8 Å². The van der Waals surface area contributed by atoms with E-state index in [4.69, 9.17) is 9.47 Å². The monoisotopic (exact) mass is 130 g/mol. The summed E-state index contributed by atoms with van der Waals surface area (Å²) in [6, 6.07) is 0. The van der Waals surface area contributed by atoms with Gasteiger partial charge in [-0.1, -0.05) is 6.92 Å². The lowest BCUT2D eigenvalue weighted by Gasteiger charge is -2.06. The van der Waals surface area contributed by atoms with Crippen molar-refractivity contribution in [2.45, 2.75) is 25.9 Å². The van der Waals surface area contributed by atoms with Crippen LogP contribution in [0.5, 0.6) is 0 Å². The number of ether oxygens (including phenoxy) is 2. The van der Waals surface area contributed by atoms with Crippen molar-refractivity contribution in [1.29, 1.82) is 0 Å². The summed E-state index contributed by atoms with van der Waals surface area (Å²) >= 11 is 0. The summed E-state index contributed by atoms with van der Waals surface area (Å²) in [6.45, 7) is 6.60. The Morgan fingerprint density at radius 2 is 2.22 bits per heavy atom. The normalized spacial score (nSPS) is 32.7. The molecular weight excluding hydrogens is 116 g/mol. The first kappa shape index (κ1) is 7.03. The predicted octanol–water partition coefficient (Wildman–Crippen LogP) is 1.20. The van der Waals surface area contributed by atoms with Gasteiger partial charge < -0.3 is 9.47 Å². The van der Waals surface area contributed by atoms with E-state index in [0.717, 1.165) is 26.2 Å². The first-order valence-electron chi connectivity index (χ1n) is 3.55. The molecule has 9 heavy (non-hydrogen) atoms. The fourth-order valence-corrected chi connectivity index (χ4v) is 0.780. The van der Waals surface area contributed by atoms with E-state index in [2.05, 4.69) is 6.92 Å². The minimum Gasteiger partial charge on any atom is -0.379 e. The van der Waals surface area contributed by atoms with Crippen molar-refractivity contribution in [2.75, 3.05) is 19.8 Å². The average Bonchev–Trinajstić information content (AvgIpc) is 2.65. The van der Waals surface area contributed by atoms with Crippen LogP contribution < -0.4 is 0 Å². The molecule has 1 atom stereocenters. The summed E-state index contributed by atoms with van der Waals surface area (Å²) in [4.78, 5) is 0. The van der Waals surface area contributed by atoms with Crippen LogP contribution in [0.25, 0.3) is 0 Å². The van der Waals surface area contributed by atoms with Crippen LogP contribution >= 0.6 is 0 Å². The minimum atomic E-state index is 0.121. The van der Waals surface area contributed by atoms with Gasteiger partial charge in [-0.25, -0.2) is 0 Å². The van der Waals surface area contributed by atoms with Gasteiger partial charge in [0.15, 0.2) is 0 Å². The Labute approximate surface area is 56.2 Å². The van der Waals surface area contributed by atoms with Crippen LogP contribution in [0.3, 0.4) is 0 Å². The molecule has 1 fully saturated rings. The van der Waals surface area contributed by atoms with Crippen molar-refractivity contribution in [3.8, 4) is 0 Å². The maximum Gasteiger partial charge on any atom is 0.115 e. The third-order valence-electron chi connectivity index (χ3n) is 1.77. The smallest absolute Gasteiger partial charge is 0.115 e. The van der Waals surface area contributed by atoms with Crippen LogP contribution in [-0.2, 0) is 9.47 Å². The van der Waals surface area contributed by atoms with Crippen molar-refractivity contribution in [3.05, 3.63) is 0 Å². The first-order chi connectivity index (χ1) is 4.33. The van der Waals surface area contributed by atoms with Crippen molar-refractivity contribution in [2.24, 2.45) is 0 Å². The molecule has 2 heteroatoms. The van der Waals surface area contributed by atoms with Crippen molar-refractivity contribution in [1.82, 2.24) is 0 Å². The molecule has 0 radical (unpaired) electrons. The molecule has 54 valence electrons. The van der Waals surface area contributed by atoms with E-state index in [9.17, 15) is 0 Å². The lowest BCUT2D eigenvalue weighted by Crippen LogP contribution is -2.17. The fourth-order valence-electron chi connectivity index (χ4n) is 0.780. The number of hydrogen-bond donors (Lipinski definition) is 0. The summed E-state index contributed by atoms with van der Waals surface area (Å²) < 4.78 is 10.4. The highest BCUT2D eigenvalue weighted by Gasteiger charge is 2.42. The highest BCUT2D eigenvalue weighted by atomic mass is 16.6. The van der Waals surface area contributed by atoms with Gasteiger partial charge in [0.2, 0.25) is 0 Å². The van der Waals surface area contributed by atoms with Gasteiger partial charge in [0, 0.05) is 6.61 Å². The SMILES string of the molecule is CCOCC1(CC)CO1. The first-order valence-corrected chi connectivity index (χ1v) is 3.55. The Balaban J connectivity index is 2.10. The van der Waals surface area contributed by atoms with E-state index in [1.54, 1.807) is 0 Å². The van der Waals surface area contributed by atoms with Crippen molar-refractivity contribution in [3.63, 3.8) is 0 Å². The van der Waals surface area contributed by atoms with Gasteiger partial charge in [-0.2, -0.15) is 0 Å². The van der Waals surface area contributed by atoms with Gasteiger partial charge >= 0.3 is 0 Å². The summed E-state index contributed by atoms with van der Waals surface area (Å²) in [5.74, 6) is 0. The summed E-state index contributed by atoms with van der Waals surface area (Å²) in [5.41, 5.74) is 0.121. The average molecular weight is 130 g/mol. The zero-order valence-electron chi connectivity index (χ0n) is 6.14. The molecule has 0 amide bonds. The molecule has 1 aliphatic heterocycles. The van der Waals surface area contributed by atoms with E-state index in [-0.39, 0.29) is 5.60 Å². The quantitative estimate of drug-likeness (QED) is 0.533. The second kappa shape index (κ2) is 2.67. The molecule has 1 rings (SSSR count). The predicted molar refractivity (Wildman–Crippen MR) is 35.5 cm³/mol. The van der Waals surface area contributed by atoms with Gasteiger partial charge in [0.05, 0.1) is 13.2 Å². The molecule has 1 heterocycles.